The molecule has 3 aromatic rings. The van der Waals surface area contributed by atoms with Crippen LogP contribution in [0.5, 0.6) is 0 Å². The van der Waals surface area contributed by atoms with Crippen LogP contribution in [0.4, 0.5) is 5.82 Å². The standard InChI is InChI=1S/C40H61N6O9P/c1-2-3-4-5-6-7-8-9-10-11-12-13-14-15-16-20-25-52-26-32(45-39(49)31-21-18-17-19-22-31)27-53-56(50,51)54-28-34-36(47)37(48)40(29-41,55-34)35-24-23-33-38(42)43-30-44-46(33)35/h17-19,21-24,30,32,34,36-37,47-48H,2-16,20,25-28H2,1H3,(H,45,49)(H,50,51)(H2,42,43,44)/t32-,34-,36-,37-,40+/m1/s1. The van der Waals surface area contributed by atoms with Gasteiger partial charge in [-0.25, -0.2) is 14.1 Å². The summed E-state index contributed by atoms with van der Waals surface area (Å²) in [5, 5.41) is 38.8. The number of hydrogen-bond acceptors (Lipinski definition) is 12. The number of unbranched alkanes of at least 4 members (excludes halogenated alkanes) is 15. The predicted molar refractivity (Wildman–Crippen MR) is 211 cm³/mol. The lowest BCUT2D eigenvalue weighted by Gasteiger charge is -2.24. The van der Waals surface area contributed by atoms with E-state index in [2.05, 4.69) is 22.3 Å². The van der Waals surface area contributed by atoms with E-state index >= 15 is 0 Å². The average molecular weight is 801 g/mol. The summed E-state index contributed by atoms with van der Waals surface area (Å²) in [6, 6.07) is 12.6. The molecule has 16 heteroatoms. The minimum Gasteiger partial charge on any atom is -0.387 e. The SMILES string of the molecule is CCCCCCCCCCCCCCCCCCOC[C@H](COP(=O)(O)OC[C@H]1O[C@@](C#N)(c2ccc3c(N)ncnn23)[C@H](O)[C@@H]1O)NC(=O)c1ccccc1. The first-order valence-electron chi connectivity index (χ1n) is 20.2. The summed E-state index contributed by atoms with van der Waals surface area (Å²) in [5.41, 5.74) is 4.60. The van der Waals surface area contributed by atoms with E-state index in [1.165, 1.54) is 100 Å². The Kier molecular flexibility index (Phi) is 19.2. The Balaban J connectivity index is 1.18. The van der Waals surface area contributed by atoms with Gasteiger partial charge in [-0.05, 0) is 30.7 Å². The van der Waals surface area contributed by atoms with Crippen molar-refractivity contribution in [2.75, 3.05) is 32.2 Å². The van der Waals surface area contributed by atoms with E-state index in [1.54, 1.807) is 30.3 Å². The molecule has 4 rings (SSSR count). The zero-order valence-electron chi connectivity index (χ0n) is 32.7. The topological polar surface area (TPSA) is 224 Å². The molecule has 6 N–H and O–H groups in total. The highest BCUT2D eigenvalue weighted by Gasteiger charge is 2.58. The molecule has 1 fully saturated rings. The highest BCUT2D eigenvalue weighted by atomic mass is 31.2. The Morgan fingerprint density at radius 1 is 0.946 bits per heavy atom. The average Bonchev–Trinajstić information content (AvgIpc) is 3.75. The van der Waals surface area contributed by atoms with E-state index in [1.807, 2.05) is 6.07 Å². The van der Waals surface area contributed by atoms with Gasteiger partial charge in [-0.1, -0.05) is 121 Å². The number of benzene rings is 1. The number of ether oxygens (including phenoxy) is 2. The fourth-order valence-corrected chi connectivity index (χ4v) is 7.69. The number of phosphoric acid groups is 1. The van der Waals surface area contributed by atoms with Crippen LogP contribution in [0.3, 0.4) is 0 Å². The zero-order valence-corrected chi connectivity index (χ0v) is 33.6. The molecule has 0 bridgehead atoms. The lowest BCUT2D eigenvalue weighted by molar-refractivity contribution is -0.0645. The summed E-state index contributed by atoms with van der Waals surface area (Å²) < 4.78 is 36.3. The van der Waals surface area contributed by atoms with Gasteiger partial charge in [-0.2, -0.15) is 10.4 Å². The number of rotatable bonds is 28. The third kappa shape index (κ3) is 13.6. The molecule has 0 saturated carbocycles. The number of aliphatic hydroxyl groups excluding tert-OH is 2. The third-order valence-corrected chi connectivity index (χ3v) is 11.1. The lowest BCUT2D eigenvalue weighted by Crippen LogP contribution is -2.41. The predicted octanol–water partition coefficient (Wildman–Crippen LogP) is 6.36. The molecule has 1 amide bonds. The number of nitrogens with two attached hydrogens (primary N) is 1. The summed E-state index contributed by atoms with van der Waals surface area (Å²) in [5.74, 6) is -0.289. The Labute approximate surface area is 330 Å². The van der Waals surface area contributed by atoms with Crippen molar-refractivity contribution in [3.63, 3.8) is 0 Å². The van der Waals surface area contributed by atoms with Gasteiger partial charge in [0, 0.05) is 12.2 Å². The van der Waals surface area contributed by atoms with E-state index in [0.717, 1.165) is 25.6 Å². The van der Waals surface area contributed by atoms with Crippen molar-refractivity contribution in [3.05, 3.63) is 60.0 Å². The number of nitriles is 1. The van der Waals surface area contributed by atoms with Crippen molar-refractivity contribution in [3.8, 4) is 6.07 Å². The minimum atomic E-state index is -4.80. The summed E-state index contributed by atoms with van der Waals surface area (Å²) in [6.45, 7) is 1.59. The number of nitrogens with zero attached hydrogens (tertiary/aromatic N) is 4. The fourth-order valence-electron chi connectivity index (χ4n) is 6.91. The molecule has 3 heterocycles. The van der Waals surface area contributed by atoms with E-state index < -0.39 is 56.9 Å². The Morgan fingerprint density at radius 3 is 2.16 bits per heavy atom. The molecule has 310 valence electrons. The normalized spacial score (nSPS) is 21.2. The molecule has 2 aromatic heterocycles. The largest absolute Gasteiger partial charge is 0.472 e. The number of carbonyl (C=O) groups is 1. The highest BCUT2D eigenvalue weighted by Crippen LogP contribution is 2.46. The number of anilines is 1. The van der Waals surface area contributed by atoms with Crippen LogP contribution in [0.1, 0.15) is 126 Å². The molecule has 1 aromatic carbocycles. The molecule has 0 aliphatic carbocycles. The van der Waals surface area contributed by atoms with Crippen molar-refractivity contribution >= 4 is 25.1 Å². The zero-order chi connectivity index (χ0) is 40.2. The Morgan fingerprint density at radius 2 is 1.55 bits per heavy atom. The molecule has 1 aliphatic rings. The van der Waals surface area contributed by atoms with E-state index in [-0.39, 0.29) is 18.1 Å². The van der Waals surface area contributed by atoms with Crippen LogP contribution < -0.4 is 11.1 Å². The quantitative estimate of drug-likeness (QED) is 0.0399. The summed E-state index contributed by atoms with van der Waals surface area (Å²) in [6.07, 6.45) is 16.5. The summed E-state index contributed by atoms with van der Waals surface area (Å²) >= 11 is 0. The van der Waals surface area contributed by atoms with E-state index in [9.17, 15) is 29.7 Å². The first-order valence-corrected chi connectivity index (χ1v) is 21.7. The maximum Gasteiger partial charge on any atom is 0.472 e. The minimum absolute atomic E-state index is 0.0258. The number of aromatic nitrogens is 3. The fraction of sp³-hybridized carbons (Fsp3) is 0.650. The molecule has 0 spiro atoms. The summed E-state index contributed by atoms with van der Waals surface area (Å²) in [4.78, 5) is 27.4. The van der Waals surface area contributed by atoms with Crippen LogP contribution >= 0.6 is 7.82 Å². The van der Waals surface area contributed by atoms with Crippen molar-refractivity contribution in [1.29, 1.82) is 5.26 Å². The molecule has 56 heavy (non-hydrogen) atoms. The number of hydrogen-bond donors (Lipinski definition) is 5. The van der Waals surface area contributed by atoms with Gasteiger partial charge in [0.2, 0.25) is 5.60 Å². The monoisotopic (exact) mass is 800 g/mol. The molecule has 1 aliphatic heterocycles. The number of carbonyl (C=O) groups excluding carboxylic acids is 1. The first kappa shape index (κ1) is 45.3. The highest BCUT2D eigenvalue weighted by molar-refractivity contribution is 7.47. The molecule has 6 atom stereocenters. The first-order chi connectivity index (χ1) is 27.1. The van der Waals surface area contributed by atoms with Gasteiger partial charge in [0.05, 0.1) is 31.6 Å². The van der Waals surface area contributed by atoms with E-state index in [0.29, 0.717) is 17.7 Å². The Bertz CT molecular complexity index is 1690. The van der Waals surface area contributed by atoms with Crippen LogP contribution in [-0.4, -0.2) is 86.4 Å². The molecule has 15 nitrogen and oxygen atoms in total. The van der Waals surface area contributed by atoms with Gasteiger partial charge in [0.25, 0.3) is 5.91 Å². The lowest BCUT2D eigenvalue weighted by atomic mass is 9.92. The number of aliphatic hydroxyl groups is 2. The van der Waals surface area contributed by atoms with Gasteiger partial charge >= 0.3 is 7.82 Å². The van der Waals surface area contributed by atoms with Gasteiger partial charge in [0.15, 0.2) is 5.82 Å². The van der Waals surface area contributed by atoms with Crippen molar-refractivity contribution in [2.45, 2.75) is 140 Å². The molecule has 1 saturated heterocycles. The number of amides is 1. The van der Waals surface area contributed by atoms with Crippen LogP contribution in [0.15, 0.2) is 48.8 Å². The number of phosphoric ester groups is 1. The summed E-state index contributed by atoms with van der Waals surface area (Å²) in [7, 11) is -4.80. The van der Waals surface area contributed by atoms with Crippen molar-refractivity contribution in [2.24, 2.45) is 0 Å². The van der Waals surface area contributed by atoms with Gasteiger partial charge in [-0.15, -0.1) is 0 Å². The number of nitrogen functional groups attached to an aromatic ring is 1. The second-order valence-electron chi connectivity index (χ2n) is 14.6. The van der Waals surface area contributed by atoms with Crippen LogP contribution in [-0.2, 0) is 28.7 Å². The van der Waals surface area contributed by atoms with Gasteiger partial charge in [0.1, 0.15) is 36.2 Å². The van der Waals surface area contributed by atoms with Crippen molar-refractivity contribution < 1.29 is 43.0 Å². The van der Waals surface area contributed by atoms with Crippen LogP contribution in [0, 0.1) is 11.3 Å². The molecular weight excluding hydrogens is 739 g/mol. The number of nitrogens with one attached hydrogen (secondary N) is 1. The molecule has 1 unspecified atom stereocenters. The van der Waals surface area contributed by atoms with Crippen LogP contribution in [0.2, 0.25) is 0 Å². The molecular formula is C40H61N6O9P. The second-order valence-corrected chi connectivity index (χ2v) is 16.0. The molecule has 0 radical (unpaired) electrons. The van der Waals surface area contributed by atoms with Crippen LogP contribution in [0.25, 0.3) is 5.52 Å². The van der Waals surface area contributed by atoms with E-state index in [4.69, 9.17) is 24.3 Å². The van der Waals surface area contributed by atoms with Gasteiger partial charge < -0.3 is 35.6 Å². The Hall–Kier alpha value is -3.45. The maximum atomic E-state index is 13.0. The smallest absolute Gasteiger partial charge is 0.387 e. The maximum absolute atomic E-state index is 13.0. The second kappa shape index (κ2) is 23.7. The van der Waals surface area contributed by atoms with Crippen molar-refractivity contribution in [1.82, 2.24) is 19.9 Å². The van der Waals surface area contributed by atoms with Gasteiger partial charge in [-0.3, -0.25) is 13.8 Å². The third-order valence-electron chi connectivity index (χ3n) is 10.2. The number of fused-ring (bicyclic) bond motifs is 1.